The van der Waals surface area contributed by atoms with Gasteiger partial charge in [0.2, 0.25) is 5.91 Å². The molecule has 38 heavy (non-hydrogen) atoms. The Hall–Kier alpha value is -3.65. The fourth-order valence-electron chi connectivity index (χ4n) is 5.23. The van der Waals surface area contributed by atoms with Crippen LogP contribution in [0, 0.1) is 5.92 Å². The van der Waals surface area contributed by atoms with Gasteiger partial charge in [0.05, 0.1) is 6.54 Å². The quantitative estimate of drug-likeness (QED) is 0.396. The van der Waals surface area contributed by atoms with Crippen molar-refractivity contribution in [3.63, 3.8) is 0 Å². The van der Waals surface area contributed by atoms with Crippen molar-refractivity contribution in [3.05, 3.63) is 78.4 Å². The van der Waals surface area contributed by atoms with E-state index in [9.17, 15) is 4.79 Å². The topological polar surface area (TPSA) is 82.6 Å². The smallest absolute Gasteiger partial charge is 0.223 e. The van der Waals surface area contributed by atoms with E-state index >= 15 is 0 Å². The Morgan fingerprint density at radius 2 is 1.55 bits per heavy atom. The van der Waals surface area contributed by atoms with Gasteiger partial charge in [-0.05, 0) is 55.5 Å². The minimum Gasteiger partial charge on any atom is -0.492 e. The number of benzene rings is 2. The van der Waals surface area contributed by atoms with Crippen LogP contribution in [0.25, 0.3) is 0 Å². The molecule has 8 heteroatoms. The average molecular weight is 515 g/mol. The lowest BCUT2D eigenvalue weighted by Gasteiger charge is -2.33. The molecule has 0 unspecified atom stereocenters. The molecule has 1 aromatic heterocycles. The second-order valence-electron chi connectivity index (χ2n) is 10.2. The van der Waals surface area contributed by atoms with Crippen LogP contribution in [-0.4, -0.2) is 66.4 Å². The minimum absolute atomic E-state index is 0.0321. The Morgan fingerprint density at radius 1 is 0.842 bits per heavy atom. The van der Waals surface area contributed by atoms with E-state index in [0.717, 1.165) is 75.8 Å². The Labute approximate surface area is 225 Å². The van der Waals surface area contributed by atoms with Gasteiger partial charge in [-0.1, -0.05) is 48.5 Å². The predicted octanol–water partition coefficient (Wildman–Crippen LogP) is 3.96. The first-order chi connectivity index (χ1) is 18.7. The van der Waals surface area contributed by atoms with Gasteiger partial charge < -0.3 is 20.3 Å². The molecule has 0 spiro atoms. The third-order valence-corrected chi connectivity index (χ3v) is 7.44. The number of piperidine rings is 2. The maximum atomic E-state index is 12.6. The number of likely N-dealkylation sites (tertiary alicyclic amines) is 1. The molecule has 2 saturated heterocycles. The van der Waals surface area contributed by atoms with Crippen LogP contribution in [0.5, 0.6) is 5.75 Å². The lowest BCUT2D eigenvalue weighted by Crippen LogP contribution is -2.41. The van der Waals surface area contributed by atoms with E-state index in [-0.39, 0.29) is 11.8 Å². The summed E-state index contributed by atoms with van der Waals surface area (Å²) in [5, 5.41) is 15.5. The van der Waals surface area contributed by atoms with Crippen molar-refractivity contribution in [2.24, 2.45) is 5.92 Å². The van der Waals surface area contributed by atoms with Gasteiger partial charge in [0.25, 0.3) is 0 Å². The van der Waals surface area contributed by atoms with Gasteiger partial charge in [0.1, 0.15) is 18.2 Å². The number of carbonyl (C=O) groups is 1. The Kier molecular flexibility index (Phi) is 9.05. The molecule has 0 aliphatic carbocycles. The molecule has 0 radical (unpaired) electrons. The molecule has 2 fully saturated rings. The average Bonchev–Trinajstić information content (AvgIpc) is 2.98. The molecule has 3 heterocycles. The van der Waals surface area contributed by atoms with Gasteiger partial charge in [0.15, 0.2) is 5.82 Å². The van der Waals surface area contributed by atoms with Crippen LogP contribution in [0.4, 0.5) is 11.6 Å². The van der Waals surface area contributed by atoms with Gasteiger partial charge in [-0.2, -0.15) is 0 Å². The fourth-order valence-corrected chi connectivity index (χ4v) is 5.23. The van der Waals surface area contributed by atoms with Crippen molar-refractivity contribution in [3.8, 4) is 5.75 Å². The number of ether oxygens (including phenoxy) is 1. The van der Waals surface area contributed by atoms with Crippen molar-refractivity contribution < 1.29 is 9.53 Å². The molecule has 2 aliphatic heterocycles. The normalized spacial score (nSPS) is 17.2. The lowest BCUT2D eigenvalue weighted by atomic mass is 9.96. The molecule has 2 aliphatic rings. The summed E-state index contributed by atoms with van der Waals surface area (Å²) in [5.41, 5.74) is 1.37. The summed E-state index contributed by atoms with van der Waals surface area (Å²) in [6, 6.07) is 24.8. The van der Waals surface area contributed by atoms with Crippen LogP contribution in [0.15, 0.2) is 72.8 Å². The number of hydrogen-bond acceptors (Lipinski definition) is 7. The highest BCUT2D eigenvalue weighted by Crippen LogP contribution is 2.23. The molecular weight excluding hydrogens is 476 g/mol. The van der Waals surface area contributed by atoms with E-state index in [1.165, 1.54) is 5.56 Å². The number of aromatic nitrogens is 2. The predicted molar refractivity (Wildman–Crippen MR) is 150 cm³/mol. The van der Waals surface area contributed by atoms with Crippen LogP contribution in [-0.2, 0) is 11.3 Å². The largest absolute Gasteiger partial charge is 0.492 e. The fraction of sp³-hybridized carbons (Fsp3) is 0.433. The Morgan fingerprint density at radius 3 is 2.24 bits per heavy atom. The highest BCUT2D eigenvalue weighted by atomic mass is 16.5. The van der Waals surface area contributed by atoms with Gasteiger partial charge in [-0.15, -0.1) is 10.2 Å². The van der Waals surface area contributed by atoms with E-state index < -0.39 is 0 Å². The second kappa shape index (κ2) is 13.2. The van der Waals surface area contributed by atoms with Gasteiger partial charge in [-0.25, -0.2) is 0 Å². The summed E-state index contributed by atoms with van der Waals surface area (Å²) in [6.07, 6.45) is 3.83. The number of nitrogens with one attached hydrogen (secondary N) is 2. The molecule has 5 rings (SSSR count). The third-order valence-electron chi connectivity index (χ3n) is 7.44. The summed E-state index contributed by atoms with van der Waals surface area (Å²) in [4.78, 5) is 17.3. The van der Waals surface area contributed by atoms with E-state index in [1.54, 1.807) is 0 Å². The number of hydrogen-bond donors (Lipinski definition) is 2. The summed E-state index contributed by atoms with van der Waals surface area (Å²) in [6.45, 7) is 5.78. The van der Waals surface area contributed by atoms with Crippen molar-refractivity contribution >= 4 is 17.5 Å². The summed E-state index contributed by atoms with van der Waals surface area (Å²) in [5.74, 6) is 2.68. The molecule has 2 N–H and O–H groups in total. The van der Waals surface area contributed by atoms with Crippen molar-refractivity contribution in [2.75, 3.05) is 49.5 Å². The first-order valence-corrected chi connectivity index (χ1v) is 13.8. The molecule has 8 nitrogen and oxygen atoms in total. The highest BCUT2D eigenvalue weighted by molar-refractivity contribution is 5.79. The minimum atomic E-state index is 0.0321. The van der Waals surface area contributed by atoms with Crippen LogP contribution < -0.4 is 20.3 Å². The number of para-hydroxylation sites is 1. The number of rotatable bonds is 10. The maximum absolute atomic E-state index is 12.6. The molecule has 3 aromatic rings. The lowest BCUT2D eigenvalue weighted by molar-refractivity contribution is -0.125. The molecular formula is C30H38N6O2. The first-order valence-electron chi connectivity index (χ1n) is 13.8. The van der Waals surface area contributed by atoms with Crippen molar-refractivity contribution in [2.45, 2.75) is 38.3 Å². The van der Waals surface area contributed by atoms with E-state index in [1.807, 2.05) is 42.5 Å². The molecule has 200 valence electrons. The van der Waals surface area contributed by atoms with Crippen LogP contribution >= 0.6 is 0 Å². The molecule has 0 saturated carbocycles. The van der Waals surface area contributed by atoms with Gasteiger partial charge in [0, 0.05) is 44.7 Å². The molecule has 0 bridgehead atoms. The van der Waals surface area contributed by atoms with E-state index in [0.29, 0.717) is 19.2 Å². The number of carbonyl (C=O) groups excluding carboxylic acids is 1. The molecule has 0 atom stereocenters. The standard InChI is InChI=1S/C30H38N6O2/c37-30(31-17-22-38-27-9-5-2-6-10-27)25-13-20-36(21-14-25)29-12-11-28(33-34-29)32-26-15-18-35(19-16-26)23-24-7-3-1-4-8-24/h1-12,25-26H,13-23H2,(H,31,37)(H,32,33). The van der Waals surface area contributed by atoms with Crippen LogP contribution in [0.3, 0.4) is 0 Å². The van der Waals surface area contributed by atoms with E-state index in [2.05, 4.69) is 61.0 Å². The number of anilines is 2. The zero-order valence-corrected chi connectivity index (χ0v) is 22.0. The van der Waals surface area contributed by atoms with Crippen LogP contribution in [0.1, 0.15) is 31.2 Å². The van der Waals surface area contributed by atoms with E-state index in [4.69, 9.17) is 4.74 Å². The number of nitrogens with zero attached hydrogens (tertiary/aromatic N) is 4. The summed E-state index contributed by atoms with van der Waals surface area (Å²) in [7, 11) is 0. The summed E-state index contributed by atoms with van der Waals surface area (Å²) >= 11 is 0. The zero-order valence-electron chi connectivity index (χ0n) is 22.0. The van der Waals surface area contributed by atoms with Crippen molar-refractivity contribution in [1.82, 2.24) is 20.4 Å². The summed E-state index contributed by atoms with van der Waals surface area (Å²) < 4.78 is 5.66. The van der Waals surface area contributed by atoms with Gasteiger partial charge >= 0.3 is 0 Å². The first kappa shape index (κ1) is 26.0. The molecule has 1 amide bonds. The van der Waals surface area contributed by atoms with Gasteiger partial charge in [-0.3, -0.25) is 9.69 Å². The monoisotopic (exact) mass is 514 g/mol. The SMILES string of the molecule is O=C(NCCOc1ccccc1)C1CCN(c2ccc(NC3CCN(Cc4ccccc4)CC3)nn2)CC1. The Balaban J connectivity index is 0.992. The van der Waals surface area contributed by atoms with Crippen LogP contribution in [0.2, 0.25) is 0 Å². The maximum Gasteiger partial charge on any atom is 0.223 e. The number of amides is 1. The zero-order chi connectivity index (χ0) is 26.0. The third kappa shape index (κ3) is 7.44. The second-order valence-corrected chi connectivity index (χ2v) is 10.2. The molecule has 2 aromatic carbocycles. The Bertz CT molecular complexity index is 1110. The van der Waals surface area contributed by atoms with Crippen molar-refractivity contribution in [1.29, 1.82) is 0 Å². The highest BCUT2D eigenvalue weighted by Gasteiger charge is 2.26.